The molecule has 0 heterocycles. The van der Waals surface area contributed by atoms with Crippen molar-refractivity contribution in [2.24, 2.45) is 5.92 Å². The average Bonchev–Trinajstić information content (AvgIpc) is 1.97. The van der Waals surface area contributed by atoms with E-state index in [0.717, 1.165) is 6.42 Å². The van der Waals surface area contributed by atoms with Crippen molar-refractivity contribution in [2.75, 3.05) is 7.11 Å². The summed E-state index contributed by atoms with van der Waals surface area (Å²) < 4.78 is 4.65. The van der Waals surface area contributed by atoms with Gasteiger partial charge in [-0.25, -0.2) is 0 Å². The molecule has 0 aliphatic heterocycles. The molecule has 0 bridgehead atoms. The van der Waals surface area contributed by atoms with Gasteiger partial charge in [-0.15, -0.1) is 0 Å². The maximum atomic E-state index is 11.0. The van der Waals surface area contributed by atoms with Crippen LogP contribution >= 0.6 is 0 Å². The maximum Gasteiger partial charge on any atom is 0.308 e. The molecule has 1 unspecified atom stereocenters. The monoisotopic (exact) mass is 188 g/mol. The lowest BCUT2D eigenvalue weighted by atomic mass is 10.1. The Kier molecular flexibility index (Phi) is 4.53. The van der Waals surface area contributed by atoms with Crippen LogP contribution in [0.4, 0.5) is 0 Å². The van der Waals surface area contributed by atoms with Gasteiger partial charge < -0.3 is 4.74 Å². The molecule has 72 valence electrons. The van der Waals surface area contributed by atoms with Gasteiger partial charge in [0.25, 0.3) is 0 Å². The van der Waals surface area contributed by atoms with Gasteiger partial charge in [0.1, 0.15) is 0 Å². The highest BCUT2D eigenvalue weighted by molar-refractivity contribution is 6.76. The summed E-state index contributed by atoms with van der Waals surface area (Å²) in [4.78, 5) is 11.0. The fourth-order valence-electron chi connectivity index (χ4n) is 0.969. The Morgan fingerprint density at radius 2 is 1.92 bits per heavy atom. The Bertz CT molecular complexity index is 149. The highest BCUT2D eigenvalue weighted by Crippen LogP contribution is 2.16. The molecular weight excluding hydrogens is 168 g/mol. The zero-order valence-corrected chi connectivity index (χ0v) is 9.81. The maximum absolute atomic E-state index is 11.0. The number of carbonyl (C=O) groups is 1. The summed E-state index contributed by atoms with van der Waals surface area (Å²) in [5.41, 5.74) is 0. The van der Waals surface area contributed by atoms with E-state index < -0.39 is 8.07 Å². The molecule has 0 amide bonds. The quantitative estimate of drug-likeness (QED) is 0.500. The molecule has 0 aromatic rings. The number of hydrogen-bond acceptors (Lipinski definition) is 2. The van der Waals surface area contributed by atoms with E-state index in [9.17, 15) is 4.79 Å². The second-order valence-electron chi connectivity index (χ2n) is 4.52. The molecule has 0 aromatic carbocycles. The number of esters is 1. The highest BCUT2D eigenvalue weighted by atomic mass is 28.3. The standard InChI is InChI=1S/C9H20O2Si/c1-8(9(10)11-2)6-7-12(3,4)5/h8H,6-7H2,1-5H3. The summed E-state index contributed by atoms with van der Waals surface area (Å²) in [5, 5.41) is 0. The third-order valence-corrected chi connectivity index (χ3v) is 3.72. The Morgan fingerprint density at radius 3 is 2.25 bits per heavy atom. The van der Waals surface area contributed by atoms with Crippen molar-refractivity contribution >= 4 is 14.0 Å². The molecule has 0 fully saturated rings. The van der Waals surface area contributed by atoms with Crippen LogP contribution in [0.25, 0.3) is 0 Å². The van der Waals surface area contributed by atoms with Gasteiger partial charge in [0.05, 0.1) is 13.0 Å². The van der Waals surface area contributed by atoms with Crippen LogP contribution in [0.5, 0.6) is 0 Å². The SMILES string of the molecule is COC(=O)C(C)CC[Si](C)(C)C. The fraction of sp³-hybridized carbons (Fsp3) is 0.889. The van der Waals surface area contributed by atoms with Crippen molar-refractivity contribution in [3.05, 3.63) is 0 Å². The van der Waals surface area contributed by atoms with Crippen molar-refractivity contribution in [3.8, 4) is 0 Å². The van der Waals surface area contributed by atoms with Gasteiger partial charge >= 0.3 is 5.97 Å². The van der Waals surface area contributed by atoms with Gasteiger partial charge in [-0.05, 0) is 6.42 Å². The van der Waals surface area contributed by atoms with Crippen LogP contribution in [0.15, 0.2) is 0 Å². The third kappa shape index (κ3) is 5.35. The topological polar surface area (TPSA) is 26.3 Å². The number of methoxy groups -OCH3 is 1. The summed E-state index contributed by atoms with van der Waals surface area (Å²) in [5.74, 6) is -0.00465. The normalized spacial score (nSPS) is 14.1. The van der Waals surface area contributed by atoms with Gasteiger partial charge in [0, 0.05) is 8.07 Å². The van der Waals surface area contributed by atoms with Crippen LogP contribution < -0.4 is 0 Å². The Balaban J connectivity index is 3.72. The molecule has 0 saturated carbocycles. The number of rotatable bonds is 4. The lowest BCUT2D eigenvalue weighted by Crippen LogP contribution is -2.22. The molecule has 0 aromatic heterocycles. The van der Waals surface area contributed by atoms with Crippen LogP contribution in [-0.4, -0.2) is 21.2 Å². The fourth-order valence-corrected chi connectivity index (χ4v) is 2.27. The van der Waals surface area contributed by atoms with Gasteiger partial charge in [-0.1, -0.05) is 32.6 Å². The molecule has 2 nitrogen and oxygen atoms in total. The zero-order valence-electron chi connectivity index (χ0n) is 8.81. The lowest BCUT2D eigenvalue weighted by molar-refractivity contribution is -0.144. The Labute approximate surface area is 76.3 Å². The molecular formula is C9H20O2Si. The summed E-state index contributed by atoms with van der Waals surface area (Å²) in [7, 11) is 0.465. The summed E-state index contributed by atoms with van der Waals surface area (Å²) in [6.45, 7) is 8.89. The molecule has 0 aliphatic carbocycles. The van der Waals surface area contributed by atoms with Crippen molar-refractivity contribution in [3.63, 3.8) is 0 Å². The molecule has 12 heavy (non-hydrogen) atoms. The second-order valence-corrected chi connectivity index (χ2v) is 10.1. The highest BCUT2D eigenvalue weighted by Gasteiger charge is 2.18. The van der Waals surface area contributed by atoms with Crippen molar-refractivity contribution in [1.29, 1.82) is 0 Å². The first kappa shape index (κ1) is 11.7. The number of ether oxygens (including phenoxy) is 1. The first-order valence-corrected chi connectivity index (χ1v) is 8.15. The lowest BCUT2D eigenvalue weighted by Gasteiger charge is -2.17. The van der Waals surface area contributed by atoms with Gasteiger partial charge in [-0.2, -0.15) is 0 Å². The Morgan fingerprint density at radius 1 is 1.42 bits per heavy atom. The number of carbonyl (C=O) groups excluding carboxylic acids is 1. The predicted octanol–water partition coefficient (Wildman–Crippen LogP) is 2.52. The van der Waals surface area contributed by atoms with E-state index in [2.05, 4.69) is 24.4 Å². The van der Waals surface area contributed by atoms with E-state index >= 15 is 0 Å². The first-order valence-electron chi connectivity index (χ1n) is 4.44. The minimum absolute atomic E-state index is 0.0710. The molecule has 3 heteroatoms. The van der Waals surface area contributed by atoms with Crippen molar-refractivity contribution in [2.45, 2.75) is 39.0 Å². The smallest absolute Gasteiger partial charge is 0.308 e. The van der Waals surface area contributed by atoms with E-state index in [4.69, 9.17) is 0 Å². The van der Waals surface area contributed by atoms with Crippen molar-refractivity contribution in [1.82, 2.24) is 0 Å². The van der Waals surface area contributed by atoms with Gasteiger partial charge in [-0.3, -0.25) is 4.79 Å². The third-order valence-electron chi connectivity index (χ3n) is 1.93. The minimum atomic E-state index is -0.986. The van der Waals surface area contributed by atoms with E-state index in [-0.39, 0.29) is 11.9 Å². The second kappa shape index (κ2) is 4.65. The Hall–Kier alpha value is -0.313. The number of hydrogen-bond donors (Lipinski definition) is 0. The van der Waals surface area contributed by atoms with Crippen LogP contribution in [0.3, 0.4) is 0 Å². The summed E-state index contributed by atoms with van der Waals surface area (Å²) in [6.07, 6.45) is 0.975. The molecule has 0 spiro atoms. The largest absolute Gasteiger partial charge is 0.469 e. The van der Waals surface area contributed by atoms with Gasteiger partial charge in [0.15, 0.2) is 0 Å². The average molecular weight is 188 g/mol. The molecule has 0 radical (unpaired) electrons. The zero-order chi connectivity index (χ0) is 9.78. The molecule has 0 aliphatic rings. The van der Waals surface area contributed by atoms with Crippen LogP contribution in [-0.2, 0) is 9.53 Å². The summed E-state index contributed by atoms with van der Waals surface area (Å²) in [6, 6.07) is 1.20. The minimum Gasteiger partial charge on any atom is -0.469 e. The summed E-state index contributed by atoms with van der Waals surface area (Å²) >= 11 is 0. The van der Waals surface area contributed by atoms with Crippen LogP contribution in [0.1, 0.15) is 13.3 Å². The first-order chi connectivity index (χ1) is 5.37. The molecule has 0 rings (SSSR count). The van der Waals surface area contributed by atoms with Gasteiger partial charge in [0.2, 0.25) is 0 Å². The molecule has 1 atom stereocenters. The van der Waals surface area contributed by atoms with E-state index in [1.165, 1.54) is 13.2 Å². The molecule has 0 N–H and O–H groups in total. The van der Waals surface area contributed by atoms with E-state index in [1.54, 1.807) is 0 Å². The van der Waals surface area contributed by atoms with Crippen molar-refractivity contribution < 1.29 is 9.53 Å². The predicted molar refractivity (Wildman–Crippen MR) is 54.0 cm³/mol. The van der Waals surface area contributed by atoms with E-state index in [0.29, 0.717) is 0 Å². The molecule has 0 saturated heterocycles. The van der Waals surface area contributed by atoms with E-state index in [1.807, 2.05) is 6.92 Å². The van der Waals surface area contributed by atoms with Crippen LogP contribution in [0, 0.1) is 5.92 Å². The van der Waals surface area contributed by atoms with Crippen LogP contribution in [0.2, 0.25) is 25.7 Å².